The van der Waals surface area contributed by atoms with Gasteiger partial charge in [0.25, 0.3) is 5.91 Å². The van der Waals surface area contributed by atoms with Gasteiger partial charge in [-0.15, -0.1) is 0 Å². The Balaban J connectivity index is 2.65. The van der Waals surface area contributed by atoms with Gasteiger partial charge in [-0.3, -0.25) is 4.79 Å². The molecule has 3 nitrogen and oxygen atoms in total. The molecule has 1 unspecified atom stereocenters. The molecule has 1 amide bonds. The van der Waals surface area contributed by atoms with Crippen molar-refractivity contribution in [1.82, 2.24) is 5.32 Å². The van der Waals surface area contributed by atoms with Gasteiger partial charge in [-0.1, -0.05) is 6.92 Å². The highest BCUT2D eigenvalue weighted by atomic mass is 19.4. The van der Waals surface area contributed by atoms with Crippen LogP contribution in [-0.4, -0.2) is 18.5 Å². The summed E-state index contributed by atoms with van der Waals surface area (Å²) in [7, 11) is 0. The molecule has 0 radical (unpaired) electrons. The lowest BCUT2D eigenvalue weighted by Gasteiger charge is -2.11. The fraction of sp³-hybridized carbons (Fsp3) is 0.417. The number of rotatable bonds is 4. The van der Waals surface area contributed by atoms with E-state index in [0.29, 0.717) is 13.0 Å². The first-order valence-electron chi connectivity index (χ1n) is 5.55. The molecule has 0 saturated carbocycles. The van der Waals surface area contributed by atoms with Crippen molar-refractivity contribution >= 4 is 5.91 Å². The van der Waals surface area contributed by atoms with Crippen LogP contribution in [0, 0.1) is 0 Å². The van der Waals surface area contributed by atoms with Crippen LogP contribution in [0.15, 0.2) is 24.3 Å². The molecule has 0 aliphatic rings. The number of benzene rings is 1. The zero-order valence-corrected chi connectivity index (χ0v) is 9.92. The number of hydrogen-bond donors (Lipinski definition) is 2. The van der Waals surface area contributed by atoms with E-state index >= 15 is 0 Å². The molecular formula is C12H15F3N2O. The van der Waals surface area contributed by atoms with Gasteiger partial charge in [0.1, 0.15) is 0 Å². The van der Waals surface area contributed by atoms with Crippen molar-refractivity contribution in [1.29, 1.82) is 0 Å². The molecule has 0 spiro atoms. The Morgan fingerprint density at radius 2 is 1.89 bits per heavy atom. The zero-order chi connectivity index (χ0) is 13.8. The Hall–Kier alpha value is -1.56. The van der Waals surface area contributed by atoms with Crippen molar-refractivity contribution in [3.63, 3.8) is 0 Å². The SMILES string of the molecule is CCC(N)CNC(=O)c1ccc(C(F)(F)F)cc1. The fourth-order valence-electron chi connectivity index (χ4n) is 1.28. The largest absolute Gasteiger partial charge is 0.416 e. The van der Waals surface area contributed by atoms with Crippen molar-refractivity contribution in [2.45, 2.75) is 25.6 Å². The number of hydrogen-bond acceptors (Lipinski definition) is 2. The van der Waals surface area contributed by atoms with Gasteiger partial charge >= 0.3 is 6.18 Å². The van der Waals surface area contributed by atoms with E-state index in [1.165, 1.54) is 0 Å². The fourth-order valence-corrected chi connectivity index (χ4v) is 1.28. The van der Waals surface area contributed by atoms with E-state index in [0.717, 1.165) is 24.3 Å². The highest BCUT2D eigenvalue weighted by Crippen LogP contribution is 2.28. The first-order valence-corrected chi connectivity index (χ1v) is 5.55. The van der Waals surface area contributed by atoms with Crippen LogP contribution in [0.25, 0.3) is 0 Å². The summed E-state index contributed by atoms with van der Waals surface area (Å²) in [5.41, 5.74) is 5.03. The first-order chi connectivity index (χ1) is 8.34. The molecule has 0 aromatic heterocycles. The van der Waals surface area contributed by atoms with Crippen LogP contribution < -0.4 is 11.1 Å². The Bertz CT molecular complexity index is 401. The molecule has 0 aliphatic heterocycles. The lowest BCUT2D eigenvalue weighted by Crippen LogP contribution is -2.36. The predicted molar refractivity (Wildman–Crippen MR) is 62.0 cm³/mol. The third-order valence-corrected chi connectivity index (χ3v) is 2.52. The number of nitrogens with two attached hydrogens (primary N) is 1. The minimum Gasteiger partial charge on any atom is -0.350 e. The maximum absolute atomic E-state index is 12.3. The average molecular weight is 260 g/mol. The zero-order valence-electron chi connectivity index (χ0n) is 9.92. The van der Waals surface area contributed by atoms with E-state index in [9.17, 15) is 18.0 Å². The molecule has 1 aromatic rings. The van der Waals surface area contributed by atoms with Crippen LogP contribution in [0.3, 0.4) is 0 Å². The summed E-state index contributed by atoms with van der Waals surface area (Å²) in [5, 5.41) is 2.56. The maximum atomic E-state index is 12.3. The highest BCUT2D eigenvalue weighted by Gasteiger charge is 2.30. The number of nitrogens with one attached hydrogen (secondary N) is 1. The molecular weight excluding hydrogens is 245 g/mol. The van der Waals surface area contributed by atoms with Gasteiger partial charge in [-0.05, 0) is 30.7 Å². The molecule has 1 aromatic carbocycles. The summed E-state index contributed by atoms with van der Waals surface area (Å²) >= 11 is 0. The number of carbonyl (C=O) groups is 1. The summed E-state index contributed by atoms with van der Waals surface area (Å²) in [5.74, 6) is -0.423. The smallest absolute Gasteiger partial charge is 0.350 e. The third-order valence-electron chi connectivity index (χ3n) is 2.52. The van der Waals surface area contributed by atoms with E-state index in [2.05, 4.69) is 5.32 Å². The summed E-state index contributed by atoms with van der Waals surface area (Å²) < 4.78 is 36.9. The van der Waals surface area contributed by atoms with E-state index in [4.69, 9.17) is 5.73 Å². The molecule has 0 aliphatic carbocycles. The Morgan fingerprint density at radius 3 is 2.33 bits per heavy atom. The van der Waals surface area contributed by atoms with Gasteiger partial charge in [0, 0.05) is 18.2 Å². The molecule has 0 fully saturated rings. The minimum atomic E-state index is -4.39. The molecule has 1 rings (SSSR count). The van der Waals surface area contributed by atoms with E-state index in [1.54, 1.807) is 0 Å². The summed E-state index contributed by atoms with van der Waals surface area (Å²) in [4.78, 5) is 11.6. The Kier molecular flexibility index (Phi) is 4.72. The number of alkyl halides is 3. The molecule has 6 heteroatoms. The van der Waals surface area contributed by atoms with Crippen LogP contribution in [0.1, 0.15) is 29.3 Å². The lowest BCUT2D eigenvalue weighted by atomic mass is 10.1. The molecule has 1 atom stereocenters. The summed E-state index contributed by atoms with van der Waals surface area (Å²) in [6.07, 6.45) is -3.67. The molecule has 18 heavy (non-hydrogen) atoms. The van der Waals surface area contributed by atoms with Gasteiger partial charge in [0.2, 0.25) is 0 Å². The predicted octanol–water partition coefficient (Wildman–Crippen LogP) is 2.17. The summed E-state index contributed by atoms with van der Waals surface area (Å²) in [6, 6.07) is 3.91. The monoisotopic (exact) mass is 260 g/mol. The van der Waals surface area contributed by atoms with E-state index < -0.39 is 17.6 Å². The van der Waals surface area contributed by atoms with E-state index in [-0.39, 0.29) is 11.6 Å². The van der Waals surface area contributed by atoms with Crippen LogP contribution in [0.5, 0.6) is 0 Å². The maximum Gasteiger partial charge on any atom is 0.416 e. The second-order valence-electron chi connectivity index (χ2n) is 3.95. The minimum absolute atomic E-state index is 0.150. The van der Waals surface area contributed by atoms with Crippen molar-refractivity contribution < 1.29 is 18.0 Å². The number of carbonyl (C=O) groups excluding carboxylic acids is 1. The van der Waals surface area contributed by atoms with Crippen LogP contribution in [0.4, 0.5) is 13.2 Å². The normalized spacial score (nSPS) is 13.2. The van der Waals surface area contributed by atoms with Gasteiger partial charge in [0.05, 0.1) is 5.56 Å². The van der Waals surface area contributed by atoms with Crippen LogP contribution in [-0.2, 0) is 6.18 Å². The second kappa shape index (κ2) is 5.86. The number of amides is 1. The molecule has 0 heterocycles. The van der Waals surface area contributed by atoms with Crippen LogP contribution >= 0.6 is 0 Å². The third kappa shape index (κ3) is 4.03. The molecule has 3 N–H and O–H groups in total. The van der Waals surface area contributed by atoms with Crippen LogP contribution in [0.2, 0.25) is 0 Å². The molecule has 100 valence electrons. The van der Waals surface area contributed by atoms with Gasteiger partial charge in [-0.2, -0.15) is 13.2 Å². The van der Waals surface area contributed by atoms with Gasteiger partial charge in [0.15, 0.2) is 0 Å². The second-order valence-corrected chi connectivity index (χ2v) is 3.95. The first kappa shape index (κ1) is 14.5. The number of halogens is 3. The van der Waals surface area contributed by atoms with Crippen molar-refractivity contribution in [2.75, 3.05) is 6.54 Å². The highest BCUT2D eigenvalue weighted by molar-refractivity contribution is 5.94. The lowest BCUT2D eigenvalue weighted by molar-refractivity contribution is -0.137. The summed E-state index contributed by atoms with van der Waals surface area (Å²) in [6.45, 7) is 2.19. The topological polar surface area (TPSA) is 55.1 Å². The Labute approximate surface area is 103 Å². The molecule has 0 saturated heterocycles. The van der Waals surface area contributed by atoms with Gasteiger partial charge in [-0.25, -0.2) is 0 Å². The van der Waals surface area contributed by atoms with Crippen molar-refractivity contribution in [3.8, 4) is 0 Å². The van der Waals surface area contributed by atoms with Crippen molar-refractivity contribution in [3.05, 3.63) is 35.4 Å². The van der Waals surface area contributed by atoms with Crippen molar-refractivity contribution in [2.24, 2.45) is 5.73 Å². The van der Waals surface area contributed by atoms with E-state index in [1.807, 2.05) is 6.92 Å². The standard InChI is InChI=1S/C12H15F3N2O/c1-2-10(16)7-17-11(18)8-3-5-9(6-4-8)12(13,14)15/h3-6,10H,2,7,16H2,1H3,(H,17,18). The molecule has 0 bridgehead atoms. The van der Waals surface area contributed by atoms with Gasteiger partial charge < -0.3 is 11.1 Å². The quantitative estimate of drug-likeness (QED) is 0.871. The Morgan fingerprint density at radius 1 is 1.33 bits per heavy atom. The average Bonchev–Trinajstić information content (AvgIpc) is 2.34.